The molecule has 0 aromatic heterocycles. The molecule has 1 saturated carbocycles. The van der Waals surface area contributed by atoms with Crippen LogP contribution in [0.25, 0.3) is 0 Å². The van der Waals surface area contributed by atoms with Crippen LogP contribution in [0.2, 0.25) is 0 Å². The predicted molar refractivity (Wildman–Crippen MR) is 39.7 cm³/mol. The fourth-order valence-electron chi connectivity index (χ4n) is 1.18. The molecular weight excluding hydrogens is 134 g/mol. The van der Waals surface area contributed by atoms with Gasteiger partial charge in [-0.1, -0.05) is 6.42 Å². The summed E-state index contributed by atoms with van der Waals surface area (Å²) in [5.74, 6) is 0. The van der Waals surface area contributed by atoms with Gasteiger partial charge in [0.05, 0.1) is 4.75 Å². The Hall–Kier alpha value is 0.110. The molecular formula is C6H13NOS. The van der Waals surface area contributed by atoms with E-state index >= 15 is 0 Å². The number of hydrogen-bond donors (Lipinski definition) is 1. The van der Waals surface area contributed by atoms with Gasteiger partial charge in [0.15, 0.2) is 0 Å². The minimum Gasteiger partial charge on any atom is -0.329 e. The Labute approximate surface area is 58.3 Å². The van der Waals surface area contributed by atoms with Gasteiger partial charge in [0.1, 0.15) is 0 Å². The molecule has 3 heteroatoms. The normalized spacial score (nSPS) is 26.9. The van der Waals surface area contributed by atoms with Gasteiger partial charge in [-0.25, -0.2) is 0 Å². The van der Waals surface area contributed by atoms with Crippen molar-refractivity contribution < 1.29 is 4.21 Å². The molecule has 0 heterocycles. The second kappa shape index (κ2) is 2.39. The number of rotatable bonds is 2. The first-order chi connectivity index (χ1) is 4.21. The maximum absolute atomic E-state index is 11.0. The first-order valence-electron chi connectivity index (χ1n) is 3.25. The molecule has 54 valence electrons. The summed E-state index contributed by atoms with van der Waals surface area (Å²) in [7, 11) is -0.707. The molecule has 0 radical (unpaired) electrons. The summed E-state index contributed by atoms with van der Waals surface area (Å²) in [5.41, 5.74) is 5.48. The zero-order valence-corrected chi connectivity index (χ0v) is 6.54. The smallest absolute Gasteiger partial charge is 0.0578 e. The van der Waals surface area contributed by atoms with E-state index in [2.05, 4.69) is 0 Å². The van der Waals surface area contributed by atoms with Crippen molar-refractivity contribution in [2.75, 3.05) is 12.8 Å². The molecule has 1 atom stereocenters. The molecule has 2 N–H and O–H groups in total. The van der Waals surface area contributed by atoms with Crippen LogP contribution in [0.1, 0.15) is 19.3 Å². The van der Waals surface area contributed by atoms with Crippen molar-refractivity contribution in [3.05, 3.63) is 0 Å². The van der Waals surface area contributed by atoms with Gasteiger partial charge in [-0.3, -0.25) is 4.21 Å². The predicted octanol–water partition coefficient (Wildman–Crippen LogP) is 0.246. The number of nitrogens with two attached hydrogens (primary N) is 1. The molecule has 1 fully saturated rings. The van der Waals surface area contributed by atoms with E-state index in [1.54, 1.807) is 6.26 Å². The lowest BCUT2D eigenvalue weighted by Gasteiger charge is -2.38. The Morgan fingerprint density at radius 2 is 2.22 bits per heavy atom. The van der Waals surface area contributed by atoms with E-state index in [4.69, 9.17) is 5.73 Å². The fourth-order valence-corrected chi connectivity index (χ4v) is 2.28. The van der Waals surface area contributed by atoms with Gasteiger partial charge in [0.25, 0.3) is 0 Å². The molecule has 1 rings (SSSR count). The maximum atomic E-state index is 11.0. The maximum Gasteiger partial charge on any atom is 0.0578 e. The van der Waals surface area contributed by atoms with Gasteiger partial charge in [-0.05, 0) is 12.8 Å². The van der Waals surface area contributed by atoms with E-state index in [0.717, 1.165) is 12.8 Å². The molecule has 0 spiro atoms. The molecule has 0 aliphatic heterocycles. The first kappa shape index (κ1) is 7.22. The van der Waals surface area contributed by atoms with Gasteiger partial charge in [-0.2, -0.15) is 0 Å². The van der Waals surface area contributed by atoms with Crippen molar-refractivity contribution >= 4 is 10.8 Å². The molecule has 0 saturated heterocycles. The molecule has 1 aliphatic carbocycles. The second-order valence-corrected chi connectivity index (χ2v) is 4.47. The summed E-state index contributed by atoms with van der Waals surface area (Å²) in [5, 5.41) is 0. The first-order valence-corrected chi connectivity index (χ1v) is 4.81. The van der Waals surface area contributed by atoms with Crippen molar-refractivity contribution in [1.82, 2.24) is 0 Å². The molecule has 0 bridgehead atoms. The monoisotopic (exact) mass is 147 g/mol. The third-order valence-corrected chi connectivity index (χ3v) is 4.04. The van der Waals surface area contributed by atoms with Crippen molar-refractivity contribution in [3.63, 3.8) is 0 Å². The van der Waals surface area contributed by atoms with E-state index in [1.807, 2.05) is 0 Å². The standard InChI is InChI=1S/C6H13NOS/c1-9(8)6(5-7)3-2-4-6/h2-5,7H2,1H3/t9-/m0/s1. The van der Waals surface area contributed by atoms with Crippen LogP contribution in [0, 0.1) is 0 Å². The van der Waals surface area contributed by atoms with Crippen LogP contribution in [0.3, 0.4) is 0 Å². The highest BCUT2D eigenvalue weighted by Gasteiger charge is 2.39. The lowest BCUT2D eigenvalue weighted by atomic mass is 9.84. The van der Waals surface area contributed by atoms with Crippen LogP contribution in [0.15, 0.2) is 0 Å². The van der Waals surface area contributed by atoms with Crippen molar-refractivity contribution in [2.24, 2.45) is 5.73 Å². The summed E-state index contributed by atoms with van der Waals surface area (Å²) in [6.07, 6.45) is 5.09. The average molecular weight is 147 g/mol. The van der Waals surface area contributed by atoms with E-state index in [9.17, 15) is 4.21 Å². The highest BCUT2D eigenvalue weighted by molar-refractivity contribution is 7.85. The summed E-state index contributed by atoms with van der Waals surface area (Å²) in [4.78, 5) is 0. The van der Waals surface area contributed by atoms with Gasteiger partial charge < -0.3 is 5.73 Å². The molecule has 0 amide bonds. The van der Waals surface area contributed by atoms with Crippen LogP contribution >= 0.6 is 0 Å². The summed E-state index contributed by atoms with van der Waals surface area (Å²) in [6.45, 7) is 0.593. The number of hydrogen-bond acceptors (Lipinski definition) is 2. The van der Waals surface area contributed by atoms with Crippen LogP contribution in [0.5, 0.6) is 0 Å². The van der Waals surface area contributed by atoms with Gasteiger partial charge in [-0.15, -0.1) is 0 Å². The zero-order chi connectivity index (χ0) is 6.91. The minimum absolute atomic E-state index is 0.0139. The SMILES string of the molecule is C[S@](=O)C1(CN)CCC1. The lowest BCUT2D eigenvalue weighted by Crippen LogP contribution is -2.47. The van der Waals surface area contributed by atoms with Crippen LogP contribution in [0.4, 0.5) is 0 Å². The fraction of sp³-hybridized carbons (Fsp3) is 1.00. The highest BCUT2D eigenvalue weighted by atomic mass is 32.2. The van der Waals surface area contributed by atoms with Crippen molar-refractivity contribution in [1.29, 1.82) is 0 Å². The van der Waals surface area contributed by atoms with E-state index in [-0.39, 0.29) is 4.75 Å². The molecule has 0 aromatic rings. The van der Waals surface area contributed by atoms with Crippen molar-refractivity contribution in [3.8, 4) is 0 Å². The Bertz CT molecular complexity index is 126. The Morgan fingerprint density at radius 1 is 1.67 bits per heavy atom. The zero-order valence-electron chi connectivity index (χ0n) is 5.72. The quantitative estimate of drug-likeness (QED) is 0.608. The van der Waals surface area contributed by atoms with E-state index in [1.165, 1.54) is 6.42 Å². The topological polar surface area (TPSA) is 43.1 Å². The van der Waals surface area contributed by atoms with Crippen molar-refractivity contribution in [2.45, 2.75) is 24.0 Å². The third-order valence-electron chi connectivity index (χ3n) is 2.25. The molecule has 2 nitrogen and oxygen atoms in total. The lowest BCUT2D eigenvalue weighted by molar-refractivity contribution is 0.360. The molecule has 9 heavy (non-hydrogen) atoms. The Balaban J connectivity index is 2.57. The largest absolute Gasteiger partial charge is 0.329 e. The molecule has 0 aromatic carbocycles. The average Bonchev–Trinajstić information content (AvgIpc) is 1.62. The van der Waals surface area contributed by atoms with E-state index in [0.29, 0.717) is 6.54 Å². The summed E-state index contributed by atoms with van der Waals surface area (Å²) < 4.78 is 11.0. The minimum atomic E-state index is -0.707. The molecule has 0 unspecified atom stereocenters. The van der Waals surface area contributed by atoms with E-state index < -0.39 is 10.8 Å². The highest BCUT2D eigenvalue weighted by Crippen LogP contribution is 2.35. The van der Waals surface area contributed by atoms with Crippen LogP contribution in [-0.4, -0.2) is 21.8 Å². The second-order valence-electron chi connectivity index (χ2n) is 2.69. The Morgan fingerprint density at radius 3 is 2.22 bits per heavy atom. The third kappa shape index (κ3) is 1.03. The Kier molecular flexibility index (Phi) is 1.91. The van der Waals surface area contributed by atoms with Crippen LogP contribution in [-0.2, 0) is 10.8 Å². The van der Waals surface area contributed by atoms with Crippen LogP contribution < -0.4 is 5.73 Å². The molecule has 1 aliphatic rings. The van der Waals surface area contributed by atoms with Gasteiger partial charge >= 0.3 is 0 Å². The van der Waals surface area contributed by atoms with Gasteiger partial charge in [0.2, 0.25) is 0 Å². The summed E-state index contributed by atoms with van der Waals surface area (Å²) >= 11 is 0. The summed E-state index contributed by atoms with van der Waals surface area (Å²) in [6, 6.07) is 0. The van der Waals surface area contributed by atoms with Gasteiger partial charge in [0, 0.05) is 23.6 Å².